The average Bonchev–Trinajstić information content (AvgIpc) is 3.52. The number of rotatable bonds is 8. The van der Waals surface area contributed by atoms with Crippen molar-refractivity contribution in [1.82, 2.24) is 16.0 Å². The smallest absolute Gasteiger partial charge is 0.249 e. The predicted octanol–water partition coefficient (Wildman–Crippen LogP) is 4.76. The van der Waals surface area contributed by atoms with Gasteiger partial charge in [-0.15, -0.1) is 0 Å². The molecule has 3 aliphatic heterocycles. The van der Waals surface area contributed by atoms with Gasteiger partial charge in [0.05, 0.1) is 37.1 Å². The molecule has 1 aliphatic carbocycles. The van der Waals surface area contributed by atoms with Crippen LogP contribution in [0.1, 0.15) is 42.7 Å². The predicted molar refractivity (Wildman–Crippen MR) is 159 cm³/mol. The number of benzene rings is 2. The van der Waals surface area contributed by atoms with E-state index >= 15 is 4.39 Å². The summed E-state index contributed by atoms with van der Waals surface area (Å²) in [5.41, 5.74) is -1.45. The number of carbonyl (C=O) groups is 2. The summed E-state index contributed by atoms with van der Waals surface area (Å²) >= 11 is 12.6. The van der Waals surface area contributed by atoms with Gasteiger partial charge in [-0.1, -0.05) is 41.4 Å². The van der Waals surface area contributed by atoms with Crippen LogP contribution in [0.4, 0.5) is 23.2 Å². The van der Waals surface area contributed by atoms with Gasteiger partial charge < -0.3 is 20.7 Å². The first-order valence-corrected chi connectivity index (χ1v) is 15.5. The van der Waals surface area contributed by atoms with E-state index in [1.807, 2.05) is 6.07 Å². The summed E-state index contributed by atoms with van der Waals surface area (Å²) in [6, 6.07) is 8.52. The molecule has 238 valence electrons. The maximum absolute atomic E-state index is 16.0. The van der Waals surface area contributed by atoms with Gasteiger partial charge in [0, 0.05) is 46.1 Å². The first-order chi connectivity index (χ1) is 21.1. The lowest BCUT2D eigenvalue weighted by Crippen LogP contribution is -2.69. The number of amides is 2. The van der Waals surface area contributed by atoms with Gasteiger partial charge in [0.25, 0.3) is 0 Å². The summed E-state index contributed by atoms with van der Waals surface area (Å²) in [6.07, 6.45) is 0.183. The molecule has 0 unspecified atom stereocenters. The van der Waals surface area contributed by atoms with E-state index in [2.05, 4.69) is 21.3 Å². The number of hydrogen-bond acceptors (Lipinski definition) is 5. The Morgan fingerprint density at radius 1 is 1.05 bits per heavy atom. The van der Waals surface area contributed by atoms with Crippen LogP contribution in [0.3, 0.4) is 0 Å². The topological polar surface area (TPSA) is 91.5 Å². The molecule has 0 radical (unpaired) electrons. The molecule has 2 aromatic carbocycles. The molecule has 44 heavy (non-hydrogen) atoms. The van der Waals surface area contributed by atoms with Crippen LogP contribution < -0.4 is 21.3 Å². The van der Waals surface area contributed by atoms with E-state index in [1.165, 1.54) is 6.07 Å². The van der Waals surface area contributed by atoms with Crippen LogP contribution in [0.15, 0.2) is 36.4 Å². The summed E-state index contributed by atoms with van der Waals surface area (Å²) in [6.45, 7) is -2.20. The summed E-state index contributed by atoms with van der Waals surface area (Å²) in [4.78, 5) is 26.4. The Hall–Kier alpha value is -2.60. The van der Waals surface area contributed by atoms with E-state index in [0.717, 1.165) is 5.56 Å². The lowest BCUT2D eigenvalue weighted by molar-refractivity contribution is -0.137. The van der Waals surface area contributed by atoms with Crippen molar-refractivity contribution >= 4 is 40.7 Å². The molecule has 3 heterocycles. The van der Waals surface area contributed by atoms with Crippen molar-refractivity contribution in [3.63, 3.8) is 0 Å². The number of fused-ring (bicyclic) bond motifs is 3. The Morgan fingerprint density at radius 3 is 2.50 bits per heavy atom. The van der Waals surface area contributed by atoms with Crippen LogP contribution in [0.25, 0.3) is 0 Å². The third-order valence-corrected chi connectivity index (χ3v) is 10.5. The highest BCUT2D eigenvalue weighted by Gasteiger charge is 2.74. The Morgan fingerprint density at radius 2 is 1.82 bits per heavy atom. The standard InChI is InChI=1S/C31H34Cl2F4N4O3/c32-17-4-6-20-22(10-17)39-16-31(20)24(19-2-1-3-21(33)25(19)37)26(41-30(31)12-29(13-30,14-35)15-36)28(43)40-18-5-7-23(44-11-18)27(42)38-9-8-34/h1-4,6,10,18,23-24,26,39,41H,5,7-9,11-16H2,(H,38,42)(H,40,43)/t18-,23+,24+,26-,31-/m1/s1. The van der Waals surface area contributed by atoms with Gasteiger partial charge in [-0.3, -0.25) is 23.7 Å². The van der Waals surface area contributed by atoms with Gasteiger partial charge in [0.1, 0.15) is 18.6 Å². The largest absolute Gasteiger partial charge is 0.384 e. The molecule has 4 aliphatic rings. The van der Waals surface area contributed by atoms with E-state index in [-0.39, 0.29) is 43.1 Å². The number of hydrogen-bond donors (Lipinski definition) is 4. The molecule has 7 nitrogen and oxygen atoms in total. The van der Waals surface area contributed by atoms with Crippen molar-refractivity contribution in [2.45, 2.75) is 60.7 Å². The van der Waals surface area contributed by atoms with Crippen LogP contribution in [-0.4, -0.2) is 75.3 Å². The number of halogens is 6. The van der Waals surface area contributed by atoms with Gasteiger partial charge in [0.15, 0.2) is 0 Å². The molecule has 0 aromatic heterocycles. The van der Waals surface area contributed by atoms with Gasteiger partial charge >= 0.3 is 0 Å². The van der Waals surface area contributed by atoms with Gasteiger partial charge in [-0.05, 0) is 55.0 Å². The maximum Gasteiger partial charge on any atom is 0.249 e. The second-order valence-corrected chi connectivity index (χ2v) is 13.4. The monoisotopic (exact) mass is 656 g/mol. The molecule has 13 heteroatoms. The highest BCUT2D eigenvalue weighted by Crippen LogP contribution is 2.68. The first-order valence-electron chi connectivity index (χ1n) is 14.8. The van der Waals surface area contributed by atoms with E-state index in [1.54, 1.807) is 24.3 Å². The molecule has 3 fully saturated rings. The molecular formula is C31H34Cl2F4N4O3. The lowest BCUT2D eigenvalue weighted by Gasteiger charge is -2.60. The lowest BCUT2D eigenvalue weighted by atomic mass is 9.46. The van der Waals surface area contributed by atoms with Crippen LogP contribution in [0.2, 0.25) is 10.0 Å². The molecule has 0 bridgehead atoms. The summed E-state index contributed by atoms with van der Waals surface area (Å²) in [7, 11) is 0. The number of nitrogens with one attached hydrogen (secondary N) is 4. The SMILES string of the molecule is O=C(NCCF)[C@@H]1CC[C@@H](NC(=O)[C@@H]2NC3(CC(CF)(CF)C3)[C@@]3(CNc4cc(Cl)ccc43)[C@H]2c2cccc(Cl)c2F)CO1. The normalized spacial score (nSPS) is 29.6. The van der Waals surface area contributed by atoms with E-state index in [9.17, 15) is 22.8 Å². The minimum atomic E-state index is -1.22. The zero-order valence-electron chi connectivity index (χ0n) is 23.8. The zero-order valence-corrected chi connectivity index (χ0v) is 25.3. The van der Waals surface area contributed by atoms with Crippen molar-refractivity contribution in [2.24, 2.45) is 5.41 Å². The van der Waals surface area contributed by atoms with Crippen molar-refractivity contribution < 1.29 is 31.9 Å². The van der Waals surface area contributed by atoms with Gasteiger partial charge in [0.2, 0.25) is 11.8 Å². The van der Waals surface area contributed by atoms with Gasteiger partial charge in [-0.25, -0.2) is 8.78 Å². The minimum absolute atomic E-state index is 0.0500. The quantitative estimate of drug-likeness (QED) is 0.308. The van der Waals surface area contributed by atoms with Crippen LogP contribution >= 0.6 is 23.2 Å². The Balaban J connectivity index is 1.37. The Labute approximate surface area is 262 Å². The molecule has 2 amide bonds. The van der Waals surface area contributed by atoms with Crippen LogP contribution in [0.5, 0.6) is 0 Å². The molecule has 1 saturated carbocycles. The Kier molecular flexibility index (Phi) is 8.53. The van der Waals surface area contributed by atoms with Crippen molar-refractivity contribution in [3.8, 4) is 0 Å². The minimum Gasteiger partial charge on any atom is -0.384 e. The highest BCUT2D eigenvalue weighted by atomic mass is 35.5. The Bertz CT molecular complexity index is 1430. The fraction of sp³-hybridized carbons (Fsp3) is 0.548. The zero-order chi connectivity index (χ0) is 31.3. The molecule has 6 rings (SSSR count). The van der Waals surface area contributed by atoms with Crippen molar-refractivity contribution in [1.29, 1.82) is 0 Å². The average molecular weight is 658 g/mol. The molecule has 5 atom stereocenters. The van der Waals surface area contributed by atoms with E-state index in [4.69, 9.17) is 27.9 Å². The number of ether oxygens (including phenoxy) is 1. The van der Waals surface area contributed by atoms with Crippen molar-refractivity contribution in [2.75, 3.05) is 45.0 Å². The van der Waals surface area contributed by atoms with Crippen LogP contribution in [-0.2, 0) is 19.7 Å². The second-order valence-electron chi connectivity index (χ2n) is 12.5. The first kappa shape index (κ1) is 31.4. The summed E-state index contributed by atoms with van der Waals surface area (Å²) < 4.78 is 62.7. The van der Waals surface area contributed by atoms with Crippen molar-refractivity contribution in [3.05, 3.63) is 63.4 Å². The van der Waals surface area contributed by atoms with Crippen LogP contribution in [0, 0.1) is 11.2 Å². The molecule has 2 saturated heterocycles. The molecule has 2 spiro atoms. The highest BCUT2D eigenvalue weighted by molar-refractivity contribution is 6.31. The summed E-state index contributed by atoms with van der Waals surface area (Å²) in [5.74, 6) is -2.33. The fourth-order valence-electron chi connectivity index (χ4n) is 8.12. The third-order valence-electron chi connectivity index (χ3n) is 10.00. The molecular weight excluding hydrogens is 623 g/mol. The van der Waals surface area contributed by atoms with E-state index < -0.39 is 78.1 Å². The molecule has 2 aromatic rings. The van der Waals surface area contributed by atoms with E-state index in [0.29, 0.717) is 23.6 Å². The third kappa shape index (κ3) is 4.94. The summed E-state index contributed by atoms with van der Waals surface area (Å²) in [5, 5.41) is 12.7. The van der Waals surface area contributed by atoms with Gasteiger partial charge in [-0.2, -0.15) is 0 Å². The second kappa shape index (κ2) is 12.0. The number of anilines is 1. The number of carbonyl (C=O) groups excluding carboxylic acids is 2. The number of alkyl halides is 3. The fourth-order valence-corrected chi connectivity index (χ4v) is 8.47. The maximum atomic E-state index is 16.0. The molecule has 4 N–H and O–H groups in total.